The molecule has 0 radical (unpaired) electrons. The molecule has 55 heavy (non-hydrogen) atoms. The van der Waals surface area contributed by atoms with Gasteiger partial charge in [-0.15, -0.1) is 29.9 Å². The van der Waals surface area contributed by atoms with Gasteiger partial charge in [0.2, 0.25) is 5.79 Å². The first-order valence-corrected chi connectivity index (χ1v) is 21.1. The molecule has 2 aliphatic carbocycles. The number of alkyl halides is 1. The molecule has 6 atom stereocenters. The number of aliphatic hydroxyl groups is 2. The third kappa shape index (κ3) is 10.6. The van der Waals surface area contributed by atoms with E-state index in [4.69, 9.17) is 40.5 Å². The van der Waals surface area contributed by atoms with Crippen LogP contribution in [-0.4, -0.2) is 96.1 Å². The van der Waals surface area contributed by atoms with Crippen LogP contribution in [0.5, 0.6) is 11.5 Å². The number of nitrogens with zero attached hydrogens (tertiary/aromatic N) is 2. The molecule has 1 heterocycles. The lowest BCUT2D eigenvalue weighted by atomic mass is 9.55. The van der Waals surface area contributed by atoms with Crippen molar-refractivity contribution in [1.29, 1.82) is 0 Å². The molecule has 1 saturated carbocycles. The second-order valence-electron chi connectivity index (χ2n) is 15.4. The average molecular weight is 799 g/mol. The number of benzene rings is 2. The Morgan fingerprint density at radius 2 is 1.84 bits per heavy atom. The number of amides is 1. The second-order valence-corrected chi connectivity index (χ2v) is 16.9. The van der Waals surface area contributed by atoms with Crippen LogP contribution in [0.3, 0.4) is 0 Å². The summed E-state index contributed by atoms with van der Waals surface area (Å²) in [5.41, 5.74) is 2.14. The minimum atomic E-state index is -1.35. The zero-order valence-electron chi connectivity index (χ0n) is 32.8. The summed E-state index contributed by atoms with van der Waals surface area (Å²) in [5.74, 6) is 0.673. The molecule has 0 bridgehead atoms. The third-order valence-corrected chi connectivity index (χ3v) is 11.6. The van der Waals surface area contributed by atoms with E-state index in [1.807, 2.05) is 51.1 Å². The van der Waals surface area contributed by atoms with Crippen molar-refractivity contribution in [2.24, 2.45) is 22.9 Å². The Kier molecular flexibility index (Phi) is 15.8. The van der Waals surface area contributed by atoms with Gasteiger partial charge in [-0.05, 0) is 94.2 Å². The summed E-state index contributed by atoms with van der Waals surface area (Å²) < 4.78 is 26.1. The van der Waals surface area contributed by atoms with E-state index in [1.54, 1.807) is 29.8 Å². The van der Waals surface area contributed by atoms with Crippen LogP contribution in [0, 0.1) is 17.8 Å². The summed E-state index contributed by atoms with van der Waals surface area (Å²) in [7, 11) is 1.70. The van der Waals surface area contributed by atoms with Crippen molar-refractivity contribution in [3.05, 3.63) is 78.4 Å². The van der Waals surface area contributed by atoms with Gasteiger partial charge in [0, 0.05) is 48.8 Å². The highest BCUT2D eigenvalue weighted by Crippen LogP contribution is 2.61. The molecule has 2 N–H and O–H groups in total. The first-order chi connectivity index (χ1) is 26.6. The average Bonchev–Trinajstić information content (AvgIpc) is 3.18. The van der Waals surface area contributed by atoms with E-state index in [0.717, 1.165) is 54.0 Å². The summed E-state index contributed by atoms with van der Waals surface area (Å²) in [6, 6.07) is 15.6. The van der Waals surface area contributed by atoms with Crippen molar-refractivity contribution >= 4 is 35.2 Å². The van der Waals surface area contributed by atoms with Gasteiger partial charge in [-0.2, -0.15) is 0 Å². The molecule has 5 rings (SSSR count). The molecule has 10 nitrogen and oxygen atoms in total. The number of thioether (sulfide) groups is 1. The number of carbonyl (C=O) groups excluding carboxylic acids is 1. The van der Waals surface area contributed by atoms with Crippen molar-refractivity contribution in [3.8, 4) is 11.5 Å². The van der Waals surface area contributed by atoms with E-state index in [0.29, 0.717) is 25.2 Å². The minimum Gasteiger partial charge on any atom is -0.493 e. The number of hydrogen-bond acceptors (Lipinski definition) is 10. The predicted molar refractivity (Wildman–Crippen MR) is 218 cm³/mol. The number of fused-ring (bicyclic) bond motifs is 2. The molecule has 2 aromatic rings. The van der Waals surface area contributed by atoms with E-state index in [-0.39, 0.29) is 56.5 Å². The quantitative estimate of drug-likeness (QED) is 0.0447. The summed E-state index contributed by atoms with van der Waals surface area (Å²) in [6.07, 6.45) is 8.53. The maximum Gasteiger partial charge on any atom is 0.410 e. The number of halogens is 1. The van der Waals surface area contributed by atoms with Crippen LogP contribution in [0.1, 0.15) is 77.2 Å². The Morgan fingerprint density at radius 3 is 2.53 bits per heavy atom. The van der Waals surface area contributed by atoms with Crippen molar-refractivity contribution in [3.63, 3.8) is 0 Å². The lowest BCUT2D eigenvalue weighted by Crippen LogP contribution is -2.69. The number of ether oxygens (including phenoxy) is 4. The van der Waals surface area contributed by atoms with Gasteiger partial charge in [-0.25, -0.2) is 4.79 Å². The molecular weight excluding hydrogens is 740 g/mol. The summed E-state index contributed by atoms with van der Waals surface area (Å²) >= 11 is 7.69. The smallest absolute Gasteiger partial charge is 0.410 e. The Hall–Kier alpha value is -3.22. The van der Waals surface area contributed by atoms with Crippen LogP contribution in [0.2, 0.25) is 0 Å². The van der Waals surface area contributed by atoms with Crippen LogP contribution in [0.25, 0.3) is 0 Å². The molecule has 0 spiro atoms. The van der Waals surface area contributed by atoms with Crippen LogP contribution in [0.4, 0.5) is 4.79 Å². The Morgan fingerprint density at radius 1 is 1.09 bits per heavy atom. The fourth-order valence-corrected chi connectivity index (χ4v) is 9.03. The highest BCUT2D eigenvalue weighted by molar-refractivity contribution is 7.99. The summed E-state index contributed by atoms with van der Waals surface area (Å²) in [4.78, 5) is 22.6. The molecule has 0 unspecified atom stereocenters. The second kappa shape index (κ2) is 20.3. The summed E-state index contributed by atoms with van der Waals surface area (Å²) in [6.45, 7) is 10.8. The molecule has 0 saturated heterocycles. The van der Waals surface area contributed by atoms with Gasteiger partial charge < -0.3 is 38.9 Å². The molecule has 2 aromatic carbocycles. The first-order valence-electron chi connectivity index (χ1n) is 19.6. The highest BCUT2D eigenvalue weighted by Gasteiger charge is 2.65. The predicted octanol–water partition coefficient (Wildman–Crippen LogP) is 8.60. The molecule has 3 aliphatic rings. The van der Waals surface area contributed by atoms with Crippen molar-refractivity contribution in [1.82, 2.24) is 4.90 Å². The third-order valence-electron chi connectivity index (χ3n) is 10.5. The fraction of sp³-hybridized carbons (Fsp3) is 0.581. The van der Waals surface area contributed by atoms with Crippen molar-refractivity contribution in [2.45, 2.75) is 94.0 Å². The number of allylic oxidation sites excluding steroid dienone is 1. The van der Waals surface area contributed by atoms with E-state index in [1.165, 1.54) is 4.90 Å². The van der Waals surface area contributed by atoms with Crippen molar-refractivity contribution in [2.75, 3.05) is 51.7 Å². The van der Waals surface area contributed by atoms with Gasteiger partial charge in [0.05, 0.1) is 30.7 Å². The Labute approximate surface area is 336 Å². The molecule has 0 aromatic heterocycles. The zero-order valence-corrected chi connectivity index (χ0v) is 34.4. The maximum absolute atomic E-state index is 13.7. The highest BCUT2D eigenvalue weighted by atomic mass is 35.5. The van der Waals surface area contributed by atoms with E-state index >= 15 is 0 Å². The Bertz CT molecular complexity index is 1620. The SMILES string of the molecule is C=CCO[C@@]12Oc3ccc(OCCSc4ccccc4)cc3[C@H]3[C@H](CCCCO)[C@@H](CCCCO)C=C(C(=NOC(C)(C)C)C[C@@H]1N(C)C(=O)OCCCl)[C@H]32. The van der Waals surface area contributed by atoms with Gasteiger partial charge >= 0.3 is 6.09 Å². The first kappa shape index (κ1) is 42.9. The lowest BCUT2D eigenvalue weighted by molar-refractivity contribution is -0.253. The van der Waals surface area contributed by atoms with Gasteiger partial charge in [0.15, 0.2) is 0 Å². The van der Waals surface area contributed by atoms with E-state index < -0.39 is 29.4 Å². The van der Waals surface area contributed by atoms with Gasteiger partial charge in [0.25, 0.3) is 0 Å². The standard InChI is InChI=1S/C43H59ClN2O8S/c1-6-23-52-43-38(46(5)41(49)51-24-20-44)29-36(45-54-42(2,3)4)34-27-30(14-10-12-21-47)33(17-11-13-22-48)39(40(34)43)35-28-31(18-19-37(35)53-43)50-25-26-55-32-15-8-7-9-16-32/h6-9,15-16,18-19,27-28,30,33,38-40,47-48H,1,10-14,17,20-26,29H2,2-5H3/t30-,33+,38-,39+,40+,43+/m0/s1. The largest absolute Gasteiger partial charge is 0.493 e. The van der Waals surface area contributed by atoms with Gasteiger partial charge in [-0.3, -0.25) is 0 Å². The van der Waals surface area contributed by atoms with E-state index in [2.05, 4.69) is 30.9 Å². The molecular formula is C43H59ClN2O8S. The molecule has 1 fully saturated rings. The van der Waals surface area contributed by atoms with Crippen LogP contribution in [0.15, 0.2) is 82.9 Å². The molecule has 1 aliphatic heterocycles. The molecule has 12 heteroatoms. The maximum atomic E-state index is 13.7. The van der Waals surface area contributed by atoms with Gasteiger partial charge in [0.1, 0.15) is 29.7 Å². The Balaban J connectivity index is 1.67. The number of carbonyl (C=O) groups is 1. The van der Waals surface area contributed by atoms with Crippen LogP contribution >= 0.6 is 23.4 Å². The number of oxime groups is 1. The van der Waals surface area contributed by atoms with Crippen LogP contribution < -0.4 is 9.47 Å². The lowest BCUT2D eigenvalue weighted by Gasteiger charge is -2.59. The number of rotatable bonds is 20. The normalized spacial score (nSPS) is 24.9. The topological polar surface area (TPSA) is 119 Å². The number of likely N-dealkylation sites (N-methyl/N-ethyl adjacent to an activating group) is 1. The zero-order chi connectivity index (χ0) is 39.4. The number of unbranched alkanes of at least 4 members (excludes halogenated alkanes) is 2. The number of hydrogen-bond donors (Lipinski definition) is 2. The van der Waals surface area contributed by atoms with Crippen LogP contribution in [-0.2, 0) is 14.3 Å². The van der Waals surface area contributed by atoms with Gasteiger partial charge in [-0.1, -0.05) is 48.3 Å². The van der Waals surface area contributed by atoms with Crippen molar-refractivity contribution < 1.29 is 38.8 Å². The summed E-state index contributed by atoms with van der Waals surface area (Å²) in [5, 5.41) is 24.5. The minimum absolute atomic E-state index is 0.0576. The molecule has 302 valence electrons. The monoisotopic (exact) mass is 798 g/mol. The number of aliphatic hydroxyl groups excluding tert-OH is 2. The molecule has 1 amide bonds. The fourth-order valence-electron chi connectivity index (χ4n) is 8.20. The van der Waals surface area contributed by atoms with E-state index in [9.17, 15) is 15.0 Å².